The van der Waals surface area contributed by atoms with E-state index in [9.17, 15) is 4.79 Å². The highest BCUT2D eigenvalue weighted by Gasteiger charge is 2.29. The van der Waals surface area contributed by atoms with Crippen molar-refractivity contribution < 1.29 is 19.0 Å². The second-order valence-corrected chi connectivity index (χ2v) is 6.79. The summed E-state index contributed by atoms with van der Waals surface area (Å²) in [5.41, 5.74) is -0.000423. The molecule has 1 saturated heterocycles. The molecule has 1 aliphatic rings. The number of likely N-dealkylation sites (tertiary alicyclic amines) is 1. The Balaban J connectivity index is 2.03. The summed E-state index contributed by atoms with van der Waals surface area (Å²) in [4.78, 5) is 13.9. The molecule has 1 aliphatic heterocycles. The number of carbonyl (C=O) groups is 1. The van der Waals surface area contributed by atoms with Crippen molar-refractivity contribution in [3.63, 3.8) is 0 Å². The van der Waals surface area contributed by atoms with Gasteiger partial charge in [-0.05, 0) is 45.7 Å². The Morgan fingerprint density at radius 3 is 2.71 bits per heavy atom. The number of ether oxygens (including phenoxy) is 3. The van der Waals surface area contributed by atoms with Gasteiger partial charge in [0.25, 0.3) is 0 Å². The molecule has 0 aliphatic carbocycles. The van der Waals surface area contributed by atoms with Crippen LogP contribution in [-0.4, -0.2) is 42.9 Å². The van der Waals surface area contributed by atoms with E-state index in [1.807, 2.05) is 20.8 Å². The molecule has 1 atom stereocenters. The van der Waals surface area contributed by atoms with Crippen LogP contribution in [0.3, 0.4) is 0 Å². The van der Waals surface area contributed by atoms with Gasteiger partial charge < -0.3 is 19.1 Å². The van der Waals surface area contributed by atoms with Crippen molar-refractivity contribution in [2.75, 3.05) is 20.2 Å². The second-order valence-electron chi connectivity index (χ2n) is 6.79. The molecule has 1 aromatic rings. The average Bonchev–Trinajstić information content (AvgIpc) is 2.54. The van der Waals surface area contributed by atoms with Gasteiger partial charge in [0.15, 0.2) is 11.5 Å². The van der Waals surface area contributed by atoms with E-state index in [2.05, 4.69) is 6.07 Å². The van der Waals surface area contributed by atoms with Crippen molar-refractivity contribution in [3.8, 4) is 17.6 Å². The van der Waals surface area contributed by atoms with Crippen molar-refractivity contribution in [1.29, 1.82) is 5.26 Å². The summed E-state index contributed by atoms with van der Waals surface area (Å²) in [6, 6.07) is 7.13. The van der Waals surface area contributed by atoms with E-state index in [0.717, 1.165) is 12.8 Å². The Labute approximate surface area is 142 Å². The minimum Gasteiger partial charge on any atom is -0.493 e. The molecule has 24 heavy (non-hydrogen) atoms. The molecule has 0 bridgehead atoms. The second kappa shape index (κ2) is 7.43. The van der Waals surface area contributed by atoms with Crippen LogP contribution in [-0.2, 0) is 4.74 Å². The zero-order chi connectivity index (χ0) is 17.7. The molecule has 0 spiro atoms. The highest BCUT2D eigenvalue weighted by atomic mass is 16.6. The number of amides is 1. The summed E-state index contributed by atoms with van der Waals surface area (Å²) >= 11 is 0. The Bertz CT molecular complexity index is 631. The predicted octanol–water partition coefficient (Wildman–Crippen LogP) is 3.35. The van der Waals surface area contributed by atoms with E-state index in [0.29, 0.717) is 30.2 Å². The van der Waals surface area contributed by atoms with Gasteiger partial charge in [0.2, 0.25) is 0 Å². The maximum atomic E-state index is 12.2. The fraction of sp³-hybridized carbons (Fsp3) is 0.556. The van der Waals surface area contributed by atoms with E-state index < -0.39 is 5.60 Å². The summed E-state index contributed by atoms with van der Waals surface area (Å²) in [5.74, 6) is 1.09. The van der Waals surface area contributed by atoms with Crippen LogP contribution in [0.2, 0.25) is 0 Å². The van der Waals surface area contributed by atoms with Crippen molar-refractivity contribution in [1.82, 2.24) is 4.90 Å². The highest BCUT2D eigenvalue weighted by molar-refractivity contribution is 5.68. The average molecular weight is 332 g/mol. The minimum atomic E-state index is -0.513. The van der Waals surface area contributed by atoms with E-state index in [-0.39, 0.29) is 12.2 Å². The summed E-state index contributed by atoms with van der Waals surface area (Å²) in [6.07, 6.45) is 1.25. The van der Waals surface area contributed by atoms with Gasteiger partial charge in [0.1, 0.15) is 11.7 Å². The number of rotatable bonds is 3. The highest BCUT2D eigenvalue weighted by Crippen LogP contribution is 2.30. The molecule has 0 aromatic heterocycles. The standard InChI is InChI=1S/C18H24N2O4/c1-18(2,3)24-17(21)20-9-5-6-14(12-20)23-15-8-7-13(11-19)10-16(15)22-4/h7-8,10,14H,5-6,9,12H2,1-4H3. The van der Waals surface area contributed by atoms with E-state index in [1.165, 1.54) is 7.11 Å². The van der Waals surface area contributed by atoms with Crippen LogP contribution in [0, 0.1) is 11.3 Å². The van der Waals surface area contributed by atoms with E-state index in [1.54, 1.807) is 23.1 Å². The number of piperidine rings is 1. The molecule has 0 saturated carbocycles. The van der Waals surface area contributed by atoms with Gasteiger partial charge in [-0.1, -0.05) is 0 Å². The van der Waals surface area contributed by atoms with Gasteiger partial charge in [-0.15, -0.1) is 0 Å². The maximum absolute atomic E-state index is 12.2. The Hall–Kier alpha value is -2.42. The lowest BCUT2D eigenvalue weighted by Crippen LogP contribution is -2.46. The van der Waals surface area contributed by atoms with Gasteiger partial charge in [0.05, 0.1) is 25.3 Å². The van der Waals surface area contributed by atoms with Gasteiger partial charge in [-0.2, -0.15) is 5.26 Å². The molecule has 6 nitrogen and oxygen atoms in total. The van der Waals surface area contributed by atoms with Crippen LogP contribution in [0.25, 0.3) is 0 Å². The van der Waals surface area contributed by atoms with Crippen LogP contribution >= 0.6 is 0 Å². The first-order valence-corrected chi connectivity index (χ1v) is 8.05. The molecule has 6 heteroatoms. The molecule has 1 fully saturated rings. The molecule has 130 valence electrons. The Morgan fingerprint density at radius 1 is 1.33 bits per heavy atom. The first kappa shape index (κ1) is 17.9. The van der Waals surface area contributed by atoms with Crippen LogP contribution in [0.15, 0.2) is 18.2 Å². The SMILES string of the molecule is COc1cc(C#N)ccc1OC1CCCN(C(=O)OC(C)(C)C)C1. The lowest BCUT2D eigenvalue weighted by Gasteiger charge is -2.34. The minimum absolute atomic E-state index is 0.131. The predicted molar refractivity (Wildman–Crippen MR) is 89.2 cm³/mol. The lowest BCUT2D eigenvalue weighted by molar-refractivity contribution is 0.00751. The zero-order valence-electron chi connectivity index (χ0n) is 14.7. The van der Waals surface area contributed by atoms with Crippen LogP contribution < -0.4 is 9.47 Å². The van der Waals surface area contributed by atoms with Crippen molar-refractivity contribution >= 4 is 6.09 Å². The fourth-order valence-corrected chi connectivity index (χ4v) is 2.54. The molecule has 1 heterocycles. The van der Waals surface area contributed by atoms with Gasteiger partial charge in [-0.3, -0.25) is 0 Å². The van der Waals surface area contributed by atoms with Crippen LogP contribution in [0.5, 0.6) is 11.5 Å². The van der Waals surface area contributed by atoms with E-state index >= 15 is 0 Å². The number of nitriles is 1. The van der Waals surface area contributed by atoms with Crippen molar-refractivity contribution in [3.05, 3.63) is 23.8 Å². The summed E-state index contributed by atoms with van der Waals surface area (Å²) in [5, 5.41) is 8.95. The Kier molecular flexibility index (Phi) is 5.55. The molecule has 0 N–H and O–H groups in total. The molecular weight excluding hydrogens is 308 g/mol. The number of hydrogen-bond acceptors (Lipinski definition) is 5. The summed E-state index contributed by atoms with van der Waals surface area (Å²) in [7, 11) is 1.54. The topological polar surface area (TPSA) is 71.8 Å². The third-order valence-corrected chi connectivity index (χ3v) is 3.62. The number of hydrogen-bond donors (Lipinski definition) is 0. The summed E-state index contributed by atoms with van der Waals surface area (Å²) in [6.45, 7) is 6.69. The van der Waals surface area contributed by atoms with Crippen molar-refractivity contribution in [2.45, 2.75) is 45.3 Å². The maximum Gasteiger partial charge on any atom is 0.410 e. The molecule has 1 unspecified atom stereocenters. The largest absolute Gasteiger partial charge is 0.493 e. The fourth-order valence-electron chi connectivity index (χ4n) is 2.54. The number of nitrogens with zero attached hydrogens (tertiary/aromatic N) is 2. The third-order valence-electron chi connectivity index (χ3n) is 3.62. The number of methoxy groups -OCH3 is 1. The van der Waals surface area contributed by atoms with Gasteiger partial charge in [-0.25, -0.2) is 4.79 Å². The normalized spacial score (nSPS) is 17.8. The number of benzene rings is 1. The van der Waals surface area contributed by atoms with Crippen LogP contribution in [0.4, 0.5) is 4.79 Å². The monoisotopic (exact) mass is 332 g/mol. The number of carbonyl (C=O) groups excluding carboxylic acids is 1. The molecular formula is C18H24N2O4. The molecule has 1 aromatic carbocycles. The first-order valence-electron chi connectivity index (χ1n) is 8.05. The van der Waals surface area contributed by atoms with Gasteiger partial charge >= 0.3 is 6.09 Å². The Morgan fingerprint density at radius 2 is 2.08 bits per heavy atom. The summed E-state index contributed by atoms with van der Waals surface area (Å²) < 4.78 is 16.7. The van der Waals surface area contributed by atoms with E-state index in [4.69, 9.17) is 19.5 Å². The molecule has 1 amide bonds. The van der Waals surface area contributed by atoms with Crippen LogP contribution in [0.1, 0.15) is 39.2 Å². The first-order chi connectivity index (χ1) is 11.3. The lowest BCUT2D eigenvalue weighted by atomic mass is 10.1. The third kappa shape index (κ3) is 4.79. The zero-order valence-corrected chi connectivity index (χ0v) is 14.7. The molecule has 2 rings (SSSR count). The smallest absolute Gasteiger partial charge is 0.410 e. The quantitative estimate of drug-likeness (QED) is 0.849. The molecule has 0 radical (unpaired) electrons. The van der Waals surface area contributed by atoms with Gasteiger partial charge in [0, 0.05) is 12.6 Å². The van der Waals surface area contributed by atoms with Crippen molar-refractivity contribution in [2.24, 2.45) is 0 Å².